The molecule has 4 fully saturated rings. The van der Waals surface area contributed by atoms with Gasteiger partial charge < -0.3 is 9.42 Å². The van der Waals surface area contributed by atoms with Crippen molar-refractivity contribution in [2.75, 3.05) is 13.1 Å². The molecule has 4 heterocycles. The molecule has 2 bridgehead atoms. The number of aromatic nitrogens is 1. The molecule has 29 heavy (non-hydrogen) atoms. The first-order valence-electron chi connectivity index (χ1n) is 12.1. The second kappa shape index (κ2) is 8.05. The molecule has 4 aliphatic rings. The SMILES string of the molecule is Cc1noc(C)c1CN1C[C@H]2C[C@@H](C1)[C@H](CC1CCCCC1)N1C(=O)CCC[C@@H]21. The number of piperidine rings is 3. The maximum atomic E-state index is 13.0. The molecule has 0 unspecified atom stereocenters. The van der Waals surface area contributed by atoms with E-state index in [9.17, 15) is 4.79 Å². The Morgan fingerprint density at radius 1 is 1.03 bits per heavy atom. The summed E-state index contributed by atoms with van der Waals surface area (Å²) in [6.45, 7) is 7.28. The summed E-state index contributed by atoms with van der Waals surface area (Å²) in [5.41, 5.74) is 2.30. The van der Waals surface area contributed by atoms with Crippen molar-refractivity contribution in [1.29, 1.82) is 0 Å². The van der Waals surface area contributed by atoms with Gasteiger partial charge in [-0.2, -0.15) is 0 Å². The summed E-state index contributed by atoms with van der Waals surface area (Å²) in [7, 11) is 0. The van der Waals surface area contributed by atoms with Crippen LogP contribution in [0.15, 0.2) is 4.52 Å². The number of hydrogen-bond acceptors (Lipinski definition) is 4. The molecule has 3 saturated heterocycles. The molecule has 1 aliphatic carbocycles. The van der Waals surface area contributed by atoms with Gasteiger partial charge in [0.1, 0.15) is 5.76 Å². The summed E-state index contributed by atoms with van der Waals surface area (Å²) in [6, 6.07) is 0.952. The van der Waals surface area contributed by atoms with Crippen LogP contribution in [0.4, 0.5) is 0 Å². The molecule has 1 aromatic heterocycles. The molecular formula is C24H37N3O2. The smallest absolute Gasteiger partial charge is 0.223 e. The molecule has 160 valence electrons. The number of nitrogens with zero attached hydrogens (tertiary/aromatic N) is 3. The number of hydrogen-bond donors (Lipinski definition) is 0. The summed E-state index contributed by atoms with van der Waals surface area (Å²) in [5.74, 6) is 3.52. The van der Waals surface area contributed by atoms with Crippen LogP contribution in [0, 0.1) is 31.6 Å². The summed E-state index contributed by atoms with van der Waals surface area (Å²) < 4.78 is 5.42. The molecule has 1 saturated carbocycles. The van der Waals surface area contributed by atoms with Gasteiger partial charge in [-0.25, -0.2) is 0 Å². The van der Waals surface area contributed by atoms with Gasteiger partial charge in [-0.1, -0.05) is 37.3 Å². The van der Waals surface area contributed by atoms with E-state index in [1.165, 1.54) is 56.9 Å². The molecule has 5 rings (SSSR count). The Bertz CT molecular complexity index is 719. The normalized spacial score (nSPS) is 33.7. The molecule has 1 amide bonds. The van der Waals surface area contributed by atoms with E-state index in [0.717, 1.165) is 49.8 Å². The van der Waals surface area contributed by atoms with Gasteiger partial charge in [0.15, 0.2) is 0 Å². The first-order valence-corrected chi connectivity index (χ1v) is 12.1. The highest BCUT2D eigenvalue weighted by Crippen LogP contribution is 2.45. The second-order valence-corrected chi connectivity index (χ2v) is 10.3. The lowest BCUT2D eigenvalue weighted by Gasteiger charge is -2.57. The van der Waals surface area contributed by atoms with E-state index in [1.54, 1.807) is 0 Å². The lowest BCUT2D eigenvalue weighted by atomic mass is 9.69. The van der Waals surface area contributed by atoms with Crippen molar-refractivity contribution >= 4 is 5.91 Å². The van der Waals surface area contributed by atoms with Gasteiger partial charge in [0.05, 0.1) is 5.69 Å². The Morgan fingerprint density at radius 3 is 2.59 bits per heavy atom. The summed E-state index contributed by atoms with van der Waals surface area (Å²) in [5, 5.41) is 4.17. The Balaban J connectivity index is 1.37. The highest BCUT2D eigenvalue weighted by molar-refractivity contribution is 5.78. The Labute approximate surface area is 175 Å². The quantitative estimate of drug-likeness (QED) is 0.750. The van der Waals surface area contributed by atoms with E-state index >= 15 is 0 Å². The number of fused-ring (bicyclic) bond motifs is 4. The highest BCUT2D eigenvalue weighted by atomic mass is 16.5. The predicted molar refractivity (Wildman–Crippen MR) is 112 cm³/mol. The second-order valence-electron chi connectivity index (χ2n) is 10.3. The third-order valence-corrected chi connectivity index (χ3v) is 8.43. The molecule has 4 atom stereocenters. The number of likely N-dealkylation sites (tertiary alicyclic amines) is 1. The van der Waals surface area contributed by atoms with Crippen LogP contribution in [0.5, 0.6) is 0 Å². The predicted octanol–water partition coefficient (Wildman–Crippen LogP) is 4.46. The minimum absolute atomic E-state index is 0.455. The van der Waals surface area contributed by atoms with Crippen LogP contribution in [0.2, 0.25) is 0 Å². The largest absolute Gasteiger partial charge is 0.361 e. The average molecular weight is 400 g/mol. The van der Waals surface area contributed by atoms with E-state index < -0.39 is 0 Å². The third-order valence-electron chi connectivity index (χ3n) is 8.43. The number of amides is 1. The van der Waals surface area contributed by atoms with Crippen LogP contribution in [0.1, 0.15) is 81.2 Å². The molecule has 0 radical (unpaired) electrons. The zero-order valence-corrected chi connectivity index (χ0v) is 18.2. The molecular weight excluding hydrogens is 362 g/mol. The van der Waals surface area contributed by atoms with Crippen molar-refractivity contribution < 1.29 is 9.32 Å². The molecule has 1 aromatic rings. The maximum Gasteiger partial charge on any atom is 0.223 e. The van der Waals surface area contributed by atoms with Crippen LogP contribution in [0.25, 0.3) is 0 Å². The van der Waals surface area contributed by atoms with Crippen molar-refractivity contribution in [3.05, 3.63) is 17.0 Å². The Morgan fingerprint density at radius 2 is 1.83 bits per heavy atom. The van der Waals surface area contributed by atoms with E-state index in [-0.39, 0.29) is 0 Å². The zero-order chi connectivity index (χ0) is 20.0. The van der Waals surface area contributed by atoms with Crippen LogP contribution >= 0.6 is 0 Å². The molecule has 5 nitrogen and oxygen atoms in total. The molecule has 5 heteroatoms. The lowest BCUT2D eigenvalue weighted by molar-refractivity contribution is -0.154. The minimum atomic E-state index is 0.455. The van der Waals surface area contributed by atoms with Crippen LogP contribution in [0.3, 0.4) is 0 Å². The summed E-state index contributed by atoms with van der Waals surface area (Å²) >= 11 is 0. The third kappa shape index (κ3) is 3.75. The average Bonchev–Trinajstić information content (AvgIpc) is 3.04. The number of aryl methyl sites for hydroxylation is 2. The van der Waals surface area contributed by atoms with E-state index in [0.29, 0.717) is 29.8 Å². The highest BCUT2D eigenvalue weighted by Gasteiger charge is 2.49. The van der Waals surface area contributed by atoms with Gasteiger partial charge in [0, 0.05) is 43.7 Å². The van der Waals surface area contributed by atoms with Gasteiger partial charge in [0.25, 0.3) is 0 Å². The van der Waals surface area contributed by atoms with E-state index in [2.05, 4.69) is 21.9 Å². The van der Waals surface area contributed by atoms with Gasteiger partial charge in [-0.3, -0.25) is 9.69 Å². The summed E-state index contributed by atoms with van der Waals surface area (Å²) in [6.07, 6.45) is 12.6. The molecule has 0 N–H and O–H groups in total. The minimum Gasteiger partial charge on any atom is -0.361 e. The van der Waals surface area contributed by atoms with Crippen molar-refractivity contribution in [3.63, 3.8) is 0 Å². The van der Waals surface area contributed by atoms with Gasteiger partial charge in [-0.15, -0.1) is 0 Å². The Hall–Kier alpha value is -1.36. The van der Waals surface area contributed by atoms with E-state index in [1.807, 2.05) is 6.92 Å². The van der Waals surface area contributed by atoms with Crippen LogP contribution < -0.4 is 0 Å². The maximum absolute atomic E-state index is 13.0. The van der Waals surface area contributed by atoms with E-state index in [4.69, 9.17) is 4.52 Å². The topological polar surface area (TPSA) is 49.6 Å². The molecule has 0 spiro atoms. The van der Waals surface area contributed by atoms with Crippen molar-refractivity contribution in [2.45, 2.75) is 96.7 Å². The lowest BCUT2D eigenvalue weighted by Crippen LogP contribution is -2.65. The Kier molecular flexibility index (Phi) is 5.44. The first kappa shape index (κ1) is 19.6. The van der Waals surface area contributed by atoms with Gasteiger partial charge >= 0.3 is 0 Å². The summed E-state index contributed by atoms with van der Waals surface area (Å²) in [4.78, 5) is 18.1. The monoisotopic (exact) mass is 399 g/mol. The molecule has 0 aromatic carbocycles. The fraction of sp³-hybridized carbons (Fsp3) is 0.833. The fourth-order valence-corrected chi connectivity index (χ4v) is 7.02. The first-order chi connectivity index (χ1) is 14.1. The number of rotatable bonds is 4. The van der Waals surface area contributed by atoms with Crippen LogP contribution in [-0.2, 0) is 11.3 Å². The van der Waals surface area contributed by atoms with Crippen molar-refractivity contribution in [2.24, 2.45) is 17.8 Å². The van der Waals surface area contributed by atoms with Crippen LogP contribution in [-0.4, -0.2) is 46.0 Å². The van der Waals surface area contributed by atoms with Crippen molar-refractivity contribution in [1.82, 2.24) is 15.0 Å². The number of carbonyl (C=O) groups is 1. The number of carbonyl (C=O) groups excluding carboxylic acids is 1. The molecule has 3 aliphatic heterocycles. The fourth-order valence-electron chi connectivity index (χ4n) is 7.02. The van der Waals surface area contributed by atoms with Gasteiger partial charge in [0.2, 0.25) is 5.91 Å². The van der Waals surface area contributed by atoms with Gasteiger partial charge in [-0.05, 0) is 57.3 Å². The van der Waals surface area contributed by atoms with Crippen molar-refractivity contribution in [3.8, 4) is 0 Å². The zero-order valence-electron chi connectivity index (χ0n) is 18.2. The standard InChI is InChI=1S/C24H37N3O2/c1-16-21(17(2)29-25-16)15-26-13-19-12-20(14-26)23(11-18-7-4-3-5-8-18)27-22(19)9-6-10-24(27)28/h18-20,22-23H,3-15H2,1-2H3/t19-,20+,22+,23+/m1/s1.